The zero-order valence-corrected chi connectivity index (χ0v) is 13.7. The highest BCUT2D eigenvalue weighted by Crippen LogP contribution is 2.33. The lowest BCUT2D eigenvalue weighted by Crippen LogP contribution is -2.38. The van der Waals surface area contributed by atoms with Gasteiger partial charge in [0.15, 0.2) is 6.29 Å². The summed E-state index contributed by atoms with van der Waals surface area (Å²) in [5, 5.41) is 0.380. The molecule has 0 atom stereocenters. The Morgan fingerprint density at radius 1 is 0.900 bits per heavy atom. The molecule has 0 aromatic carbocycles. The lowest BCUT2D eigenvalue weighted by atomic mass is 9.88. The number of alkyl halides is 1. The van der Waals surface area contributed by atoms with E-state index in [0.29, 0.717) is 17.2 Å². The van der Waals surface area contributed by atoms with Crippen molar-refractivity contribution in [3.63, 3.8) is 0 Å². The molecule has 1 heterocycles. The molecule has 0 N–H and O–H groups in total. The molecule has 3 heteroatoms. The molecule has 2 aliphatic rings. The fourth-order valence-electron chi connectivity index (χ4n) is 3.38. The maximum Gasteiger partial charge on any atom is 0.160 e. The Morgan fingerprint density at radius 2 is 1.55 bits per heavy atom. The van der Waals surface area contributed by atoms with Gasteiger partial charge in [0, 0.05) is 17.2 Å². The van der Waals surface area contributed by atoms with Gasteiger partial charge in [-0.15, -0.1) is 11.6 Å². The smallest absolute Gasteiger partial charge is 0.160 e. The van der Waals surface area contributed by atoms with E-state index in [1.165, 1.54) is 51.4 Å². The molecule has 0 aromatic rings. The SMILES string of the molecule is CCCCCCC[C@H]1CO[C@H](C2CCC(Cl)CC2)OC1. The van der Waals surface area contributed by atoms with E-state index in [-0.39, 0.29) is 6.29 Å². The summed E-state index contributed by atoms with van der Waals surface area (Å²) in [5.74, 6) is 1.20. The Balaban J connectivity index is 1.55. The zero-order valence-electron chi connectivity index (χ0n) is 13.0. The molecular formula is C17H31ClO2. The molecule has 20 heavy (non-hydrogen) atoms. The van der Waals surface area contributed by atoms with Crippen LogP contribution in [0.15, 0.2) is 0 Å². The predicted octanol–water partition coefficient (Wildman–Crippen LogP) is 5.13. The molecule has 1 aliphatic heterocycles. The van der Waals surface area contributed by atoms with Crippen LogP contribution in [0.1, 0.15) is 71.1 Å². The molecule has 1 saturated heterocycles. The predicted molar refractivity (Wildman–Crippen MR) is 84.2 cm³/mol. The summed E-state index contributed by atoms with van der Waals surface area (Å²) >= 11 is 6.16. The van der Waals surface area contributed by atoms with Gasteiger partial charge in [0.05, 0.1) is 13.2 Å². The van der Waals surface area contributed by atoms with E-state index >= 15 is 0 Å². The largest absolute Gasteiger partial charge is 0.352 e. The number of hydrogen-bond acceptors (Lipinski definition) is 2. The van der Waals surface area contributed by atoms with Crippen molar-refractivity contribution in [1.29, 1.82) is 0 Å². The molecule has 2 fully saturated rings. The van der Waals surface area contributed by atoms with Gasteiger partial charge in [-0.1, -0.05) is 39.0 Å². The molecule has 2 rings (SSSR count). The maximum atomic E-state index is 6.16. The summed E-state index contributed by atoms with van der Waals surface area (Å²) in [6.07, 6.45) is 12.7. The van der Waals surface area contributed by atoms with Crippen molar-refractivity contribution in [1.82, 2.24) is 0 Å². The molecule has 1 aliphatic carbocycles. The van der Waals surface area contributed by atoms with Crippen molar-refractivity contribution in [2.75, 3.05) is 13.2 Å². The van der Waals surface area contributed by atoms with Crippen molar-refractivity contribution in [3.05, 3.63) is 0 Å². The first-order valence-corrected chi connectivity index (χ1v) is 9.10. The van der Waals surface area contributed by atoms with Crippen LogP contribution in [0.4, 0.5) is 0 Å². The van der Waals surface area contributed by atoms with Crippen LogP contribution in [0.5, 0.6) is 0 Å². The maximum absolute atomic E-state index is 6.16. The number of rotatable bonds is 7. The van der Waals surface area contributed by atoms with Crippen LogP contribution >= 0.6 is 11.6 Å². The Bertz CT molecular complexity index is 243. The molecule has 118 valence electrons. The van der Waals surface area contributed by atoms with Gasteiger partial charge in [-0.05, 0) is 32.1 Å². The van der Waals surface area contributed by atoms with E-state index in [1.807, 2.05) is 0 Å². The standard InChI is InChI=1S/C17H31ClO2/c1-2-3-4-5-6-7-14-12-19-17(20-13-14)15-8-10-16(18)11-9-15/h14-17H,2-13H2,1H3/t14-,15?,16?,17-. The first-order chi connectivity index (χ1) is 9.79. The first kappa shape index (κ1) is 16.6. The third-order valence-electron chi connectivity index (χ3n) is 4.79. The monoisotopic (exact) mass is 302 g/mol. The Morgan fingerprint density at radius 3 is 2.20 bits per heavy atom. The lowest BCUT2D eigenvalue weighted by Gasteiger charge is -2.36. The normalized spacial score (nSPS) is 35.1. The van der Waals surface area contributed by atoms with Gasteiger partial charge < -0.3 is 9.47 Å². The average molecular weight is 303 g/mol. The molecule has 0 radical (unpaired) electrons. The van der Waals surface area contributed by atoms with Crippen LogP contribution in [-0.2, 0) is 9.47 Å². The number of ether oxygens (including phenoxy) is 2. The summed E-state index contributed by atoms with van der Waals surface area (Å²) in [6.45, 7) is 4.07. The quantitative estimate of drug-likeness (QED) is 0.479. The third-order valence-corrected chi connectivity index (χ3v) is 5.23. The highest BCUT2D eigenvalue weighted by Gasteiger charge is 2.31. The molecule has 0 bridgehead atoms. The van der Waals surface area contributed by atoms with E-state index < -0.39 is 0 Å². The Kier molecular flexibility index (Phi) is 7.69. The molecule has 0 amide bonds. The van der Waals surface area contributed by atoms with Crippen LogP contribution < -0.4 is 0 Å². The van der Waals surface area contributed by atoms with Crippen LogP contribution in [0.2, 0.25) is 0 Å². The average Bonchev–Trinajstić information content (AvgIpc) is 2.49. The van der Waals surface area contributed by atoms with Gasteiger partial charge in [0.25, 0.3) is 0 Å². The summed E-state index contributed by atoms with van der Waals surface area (Å²) in [5.41, 5.74) is 0. The third kappa shape index (κ3) is 5.54. The van der Waals surface area contributed by atoms with E-state index in [9.17, 15) is 0 Å². The minimum atomic E-state index is 0.0514. The topological polar surface area (TPSA) is 18.5 Å². The van der Waals surface area contributed by atoms with E-state index in [0.717, 1.165) is 26.1 Å². The lowest BCUT2D eigenvalue weighted by molar-refractivity contribution is -0.228. The van der Waals surface area contributed by atoms with Crippen molar-refractivity contribution in [2.24, 2.45) is 11.8 Å². The molecular weight excluding hydrogens is 272 g/mol. The second-order valence-electron chi connectivity index (χ2n) is 6.62. The van der Waals surface area contributed by atoms with Gasteiger partial charge >= 0.3 is 0 Å². The summed E-state index contributed by atoms with van der Waals surface area (Å²) < 4.78 is 12.0. The van der Waals surface area contributed by atoms with Crippen molar-refractivity contribution in [3.8, 4) is 0 Å². The number of hydrogen-bond donors (Lipinski definition) is 0. The van der Waals surface area contributed by atoms with Crippen LogP contribution in [0, 0.1) is 11.8 Å². The molecule has 2 nitrogen and oxygen atoms in total. The van der Waals surface area contributed by atoms with Crippen molar-refractivity contribution < 1.29 is 9.47 Å². The molecule has 0 spiro atoms. The first-order valence-electron chi connectivity index (χ1n) is 8.67. The van der Waals surface area contributed by atoms with Crippen molar-refractivity contribution in [2.45, 2.75) is 82.8 Å². The Labute approximate surface area is 129 Å². The van der Waals surface area contributed by atoms with E-state index in [2.05, 4.69) is 6.92 Å². The molecule has 1 saturated carbocycles. The van der Waals surface area contributed by atoms with Gasteiger partial charge in [-0.25, -0.2) is 0 Å². The second-order valence-corrected chi connectivity index (χ2v) is 7.23. The second kappa shape index (κ2) is 9.27. The summed E-state index contributed by atoms with van der Waals surface area (Å²) in [6, 6.07) is 0. The fraction of sp³-hybridized carbons (Fsp3) is 1.00. The summed E-state index contributed by atoms with van der Waals surface area (Å²) in [4.78, 5) is 0. The van der Waals surface area contributed by atoms with Crippen LogP contribution in [0.3, 0.4) is 0 Å². The van der Waals surface area contributed by atoms with Gasteiger partial charge in [0.2, 0.25) is 0 Å². The van der Waals surface area contributed by atoms with Gasteiger partial charge in [-0.3, -0.25) is 0 Å². The van der Waals surface area contributed by atoms with Gasteiger partial charge in [-0.2, -0.15) is 0 Å². The molecule has 0 aromatic heterocycles. The molecule has 0 unspecified atom stereocenters. The van der Waals surface area contributed by atoms with E-state index in [4.69, 9.17) is 21.1 Å². The minimum Gasteiger partial charge on any atom is -0.352 e. The Hall–Kier alpha value is 0.210. The number of halogens is 1. The highest BCUT2D eigenvalue weighted by molar-refractivity contribution is 6.20. The van der Waals surface area contributed by atoms with Crippen LogP contribution in [-0.4, -0.2) is 24.9 Å². The van der Waals surface area contributed by atoms with Gasteiger partial charge in [0.1, 0.15) is 0 Å². The van der Waals surface area contributed by atoms with Crippen LogP contribution in [0.25, 0.3) is 0 Å². The summed E-state index contributed by atoms with van der Waals surface area (Å²) in [7, 11) is 0. The highest BCUT2D eigenvalue weighted by atomic mass is 35.5. The van der Waals surface area contributed by atoms with E-state index in [1.54, 1.807) is 0 Å². The fourth-order valence-corrected chi connectivity index (χ4v) is 3.64. The minimum absolute atomic E-state index is 0.0514. The van der Waals surface area contributed by atoms with Crippen molar-refractivity contribution >= 4 is 11.6 Å². The zero-order chi connectivity index (χ0) is 14.2. The number of unbranched alkanes of at least 4 members (excludes halogenated alkanes) is 4.